The Hall–Kier alpha value is -1.56. The van der Waals surface area contributed by atoms with Crippen molar-refractivity contribution in [3.8, 4) is 6.07 Å². The Morgan fingerprint density at radius 3 is 2.64 bits per heavy atom. The Balaban J connectivity index is 3.15. The highest BCUT2D eigenvalue weighted by atomic mass is 14.7. The topological polar surface area (TPSA) is 62.7 Å². The first-order valence-electron chi connectivity index (χ1n) is 4.89. The normalized spacial score (nSPS) is 10.1. The molecule has 0 unspecified atom stereocenters. The molecule has 3 heteroatoms. The van der Waals surface area contributed by atoms with E-state index < -0.39 is 0 Å². The van der Waals surface area contributed by atoms with Crippen molar-refractivity contribution in [3.63, 3.8) is 0 Å². The molecule has 0 atom stereocenters. The number of nitrogens with two attached hydrogens (primary N) is 1. The number of anilines is 1. The van der Waals surface area contributed by atoms with Gasteiger partial charge in [-0.2, -0.15) is 5.26 Å². The van der Waals surface area contributed by atoms with Gasteiger partial charge >= 0.3 is 0 Å². The third kappa shape index (κ3) is 1.85. The third-order valence-electron chi connectivity index (χ3n) is 2.51. The predicted molar refractivity (Wildman–Crippen MR) is 56.7 cm³/mol. The molecule has 1 rings (SSSR count). The summed E-state index contributed by atoms with van der Waals surface area (Å²) >= 11 is 0. The molecule has 74 valence electrons. The number of hydrogen-bond donors (Lipinski definition) is 1. The van der Waals surface area contributed by atoms with Crippen molar-refractivity contribution in [1.29, 1.82) is 5.26 Å². The SMILES string of the molecule is CCC(CC)c1nccc(C#N)c1N. The van der Waals surface area contributed by atoms with Gasteiger partial charge < -0.3 is 5.73 Å². The van der Waals surface area contributed by atoms with Gasteiger partial charge in [0.05, 0.1) is 16.9 Å². The summed E-state index contributed by atoms with van der Waals surface area (Å²) in [5.41, 5.74) is 7.80. The van der Waals surface area contributed by atoms with Gasteiger partial charge in [-0.25, -0.2) is 0 Å². The molecule has 2 N–H and O–H groups in total. The zero-order chi connectivity index (χ0) is 10.6. The second kappa shape index (κ2) is 4.61. The number of nitrogens with zero attached hydrogens (tertiary/aromatic N) is 2. The van der Waals surface area contributed by atoms with Crippen molar-refractivity contribution in [1.82, 2.24) is 4.98 Å². The average Bonchev–Trinajstić information content (AvgIpc) is 2.22. The molecular formula is C11H15N3. The highest BCUT2D eigenvalue weighted by molar-refractivity contribution is 5.57. The van der Waals surface area contributed by atoms with Crippen LogP contribution in [0.15, 0.2) is 12.3 Å². The van der Waals surface area contributed by atoms with Crippen molar-refractivity contribution in [2.75, 3.05) is 5.73 Å². The van der Waals surface area contributed by atoms with E-state index >= 15 is 0 Å². The summed E-state index contributed by atoms with van der Waals surface area (Å²) in [4.78, 5) is 4.25. The first kappa shape index (κ1) is 10.5. The Kier molecular flexibility index (Phi) is 3.47. The van der Waals surface area contributed by atoms with E-state index in [0.29, 0.717) is 17.2 Å². The van der Waals surface area contributed by atoms with Crippen molar-refractivity contribution in [3.05, 3.63) is 23.5 Å². The third-order valence-corrected chi connectivity index (χ3v) is 2.51. The largest absolute Gasteiger partial charge is 0.396 e. The summed E-state index contributed by atoms with van der Waals surface area (Å²) in [5.74, 6) is 0.364. The zero-order valence-corrected chi connectivity index (χ0v) is 8.62. The molecule has 0 fully saturated rings. The van der Waals surface area contributed by atoms with Crippen LogP contribution in [0, 0.1) is 11.3 Å². The van der Waals surface area contributed by atoms with Gasteiger partial charge in [0.15, 0.2) is 0 Å². The lowest BCUT2D eigenvalue weighted by Crippen LogP contribution is -2.05. The monoisotopic (exact) mass is 189 g/mol. The van der Waals surface area contributed by atoms with E-state index in [1.807, 2.05) is 0 Å². The van der Waals surface area contributed by atoms with E-state index in [1.54, 1.807) is 12.3 Å². The molecule has 0 radical (unpaired) electrons. The van der Waals surface area contributed by atoms with Gasteiger partial charge in [-0.15, -0.1) is 0 Å². The molecule has 1 aromatic heterocycles. The Labute approximate surface area is 84.6 Å². The van der Waals surface area contributed by atoms with Gasteiger partial charge in [0, 0.05) is 12.1 Å². The van der Waals surface area contributed by atoms with E-state index in [0.717, 1.165) is 18.5 Å². The van der Waals surface area contributed by atoms with Crippen LogP contribution in [0.1, 0.15) is 43.9 Å². The molecule has 0 bridgehead atoms. The number of nitrogen functional groups attached to an aromatic ring is 1. The molecule has 3 nitrogen and oxygen atoms in total. The lowest BCUT2D eigenvalue weighted by Gasteiger charge is -2.14. The van der Waals surface area contributed by atoms with Crippen molar-refractivity contribution in [2.24, 2.45) is 0 Å². The highest BCUT2D eigenvalue weighted by Crippen LogP contribution is 2.27. The van der Waals surface area contributed by atoms with Gasteiger partial charge in [0.1, 0.15) is 6.07 Å². The molecule has 0 amide bonds. The van der Waals surface area contributed by atoms with Crippen LogP contribution in [-0.4, -0.2) is 4.98 Å². The maximum Gasteiger partial charge on any atom is 0.101 e. The van der Waals surface area contributed by atoms with Crippen molar-refractivity contribution in [2.45, 2.75) is 32.6 Å². The summed E-state index contributed by atoms with van der Waals surface area (Å²) in [6, 6.07) is 3.73. The Morgan fingerprint density at radius 2 is 2.14 bits per heavy atom. The average molecular weight is 189 g/mol. The van der Waals surface area contributed by atoms with E-state index in [4.69, 9.17) is 11.0 Å². The lowest BCUT2D eigenvalue weighted by atomic mass is 9.96. The molecular weight excluding hydrogens is 174 g/mol. The van der Waals surface area contributed by atoms with E-state index in [9.17, 15) is 0 Å². The maximum atomic E-state index is 8.81. The Morgan fingerprint density at radius 1 is 1.50 bits per heavy atom. The molecule has 0 aliphatic heterocycles. The predicted octanol–water partition coefficient (Wildman–Crippen LogP) is 2.44. The summed E-state index contributed by atoms with van der Waals surface area (Å²) in [5, 5.41) is 8.81. The summed E-state index contributed by atoms with van der Waals surface area (Å²) < 4.78 is 0. The first-order chi connectivity index (χ1) is 6.74. The minimum absolute atomic E-state index is 0.364. The van der Waals surface area contributed by atoms with Crippen LogP contribution >= 0.6 is 0 Å². The second-order valence-corrected chi connectivity index (χ2v) is 3.28. The van der Waals surface area contributed by atoms with Gasteiger partial charge in [0.25, 0.3) is 0 Å². The molecule has 1 aromatic rings. The van der Waals surface area contributed by atoms with E-state index in [1.165, 1.54) is 0 Å². The quantitative estimate of drug-likeness (QED) is 0.794. The molecule has 0 aliphatic carbocycles. The second-order valence-electron chi connectivity index (χ2n) is 3.28. The molecule has 0 saturated heterocycles. The standard InChI is InChI=1S/C11H15N3/c1-3-8(4-2)11-10(13)9(7-12)5-6-14-11/h5-6,8H,3-4,13H2,1-2H3. The van der Waals surface area contributed by atoms with E-state index in [2.05, 4.69) is 24.9 Å². The summed E-state index contributed by atoms with van der Waals surface area (Å²) in [6.07, 6.45) is 3.66. The number of aromatic nitrogens is 1. The molecule has 0 saturated carbocycles. The van der Waals surface area contributed by atoms with Gasteiger partial charge in [-0.3, -0.25) is 4.98 Å². The van der Waals surface area contributed by atoms with Crippen molar-refractivity contribution >= 4 is 5.69 Å². The zero-order valence-electron chi connectivity index (χ0n) is 8.62. The van der Waals surface area contributed by atoms with Gasteiger partial charge in [-0.05, 0) is 18.9 Å². The number of pyridine rings is 1. The van der Waals surface area contributed by atoms with Gasteiger partial charge in [0.2, 0.25) is 0 Å². The van der Waals surface area contributed by atoms with Crippen LogP contribution in [0.2, 0.25) is 0 Å². The summed E-state index contributed by atoms with van der Waals surface area (Å²) in [6.45, 7) is 4.21. The van der Waals surface area contributed by atoms with E-state index in [-0.39, 0.29) is 0 Å². The molecule has 0 aromatic carbocycles. The fourth-order valence-corrected chi connectivity index (χ4v) is 1.59. The van der Waals surface area contributed by atoms with Crippen molar-refractivity contribution < 1.29 is 0 Å². The number of hydrogen-bond acceptors (Lipinski definition) is 3. The van der Waals surface area contributed by atoms with Crippen LogP contribution in [0.3, 0.4) is 0 Å². The number of nitriles is 1. The minimum Gasteiger partial charge on any atom is -0.396 e. The lowest BCUT2D eigenvalue weighted by molar-refractivity contribution is 0.625. The first-order valence-corrected chi connectivity index (χ1v) is 4.89. The summed E-state index contributed by atoms with van der Waals surface area (Å²) in [7, 11) is 0. The fourth-order valence-electron chi connectivity index (χ4n) is 1.59. The highest BCUT2D eigenvalue weighted by Gasteiger charge is 2.13. The van der Waals surface area contributed by atoms with Gasteiger partial charge in [-0.1, -0.05) is 13.8 Å². The Bertz CT molecular complexity index is 348. The molecule has 0 aliphatic rings. The molecule has 14 heavy (non-hydrogen) atoms. The number of rotatable bonds is 3. The smallest absolute Gasteiger partial charge is 0.101 e. The van der Waals surface area contributed by atoms with Crippen LogP contribution in [0.25, 0.3) is 0 Å². The minimum atomic E-state index is 0.364. The van der Waals surface area contributed by atoms with Crippen LogP contribution in [0.5, 0.6) is 0 Å². The maximum absolute atomic E-state index is 8.81. The molecule has 0 spiro atoms. The van der Waals surface area contributed by atoms with Crippen LogP contribution in [0.4, 0.5) is 5.69 Å². The fraction of sp³-hybridized carbons (Fsp3) is 0.455. The molecule has 1 heterocycles. The van der Waals surface area contributed by atoms with Crippen LogP contribution in [-0.2, 0) is 0 Å². The van der Waals surface area contributed by atoms with Crippen LogP contribution < -0.4 is 5.73 Å².